The predicted octanol–water partition coefficient (Wildman–Crippen LogP) is 3.71. The Balaban J connectivity index is 1.92. The standard InChI is InChI=1S/C17H30N2O/c1-5-18-12-15-11-16(20-14(15)2)13-19-9-6-7-17(3,4)8-10-19/h11,18H,5-10,12-13H2,1-4H3. The highest BCUT2D eigenvalue weighted by molar-refractivity contribution is 5.20. The maximum atomic E-state index is 5.93. The van der Waals surface area contributed by atoms with Crippen molar-refractivity contribution in [2.75, 3.05) is 19.6 Å². The molecule has 0 unspecified atom stereocenters. The topological polar surface area (TPSA) is 28.4 Å². The van der Waals surface area contributed by atoms with Crippen LogP contribution in [0.1, 0.15) is 57.1 Å². The fourth-order valence-electron chi connectivity index (χ4n) is 2.96. The molecule has 0 aliphatic carbocycles. The first-order chi connectivity index (χ1) is 9.50. The van der Waals surface area contributed by atoms with Gasteiger partial charge in [-0.15, -0.1) is 0 Å². The van der Waals surface area contributed by atoms with E-state index in [1.165, 1.54) is 37.9 Å². The van der Waals surface area contributed by atoms with E-state index in [1.807, 2.05) is 0 Å². The number of likely N-dealkylation sites (tertiary alicyclic amines) is 1. The number of rotatable bonds is 5. The molecule has 1 aromatic heterocycles. The highest BCUT2D eigenvalue weighted by atomic mass is 16.3. The number of nitrogens with one attached hydrogen (secondary N) is 1. The molecule has 1 aliphatic heterocycles. The van der Waals surface area contributed by atoms with Crippen LogP contribution in [0, 0.1) is 12.3 Å². The predicted molar refractivity (Wildman–Crippen MR) is 83.7 cm³/mol. The summed E-state index contributed by atoms with van der Waals surface area (Å²) in [6.45, 7) is 14.3. The van der Waals surface area contributed by atoms with E-state index < -0.39 is 0 Å². The highest BCUT2D eigenvalue weighted by Gasteiger charge is 2.23. The van der Waals surface area contributed by atoms with Gasteiger partial charge in [0.2, 0.25) is 0 Å². The molecule has 2 rings (SSSR count). The van der Waals surface area contributed by atoms with Crippen molar-refractivity contribution in [2.24, 2.45) is 5.41 Å². The van der Waals surface area contributed by atoms with Gasteiger partial charge in [0.15, 0.2) is 0 Å². The van der Waals surface area contributed by atoms with Crippen LogP contribution in [-0.2, 0) is 13.1 Å². The Labute approximate surface area is 123 Å². The van der Waals surface area contributed by atoms with Crippen LogP contribution >= 0.6 is 0 Å². The molecule has 1 saturated heterocycles. The molecule has 114 valence electrons. The summed E-state index contributed by atoms with van der Waals surface area (Å²) in [5.41, 5.74) is 1.81. The second kappa shape index (κ2) is 6.77. The molecule has 0 spiro atoms. The summed E-state index contributed by atoms with van der Waals surface area (Å²) in [6, 6.07) is 2.23. The Morgan fingerprint density at radius 3 is 2.85 bits per heavy atom. The lowest BCUT2D eigenvalue weighted by atomic mass is 9.85. The zero-order valence-corrected chi connectivity index (χ0v) is 13.6. The van der Waals surface area contributed by atoms with Crippen LogP contribution in [0.3, 0.4) is 0 Å². The number of furan rings is 1. The molecule has 0 bridgehead atoms. The van der Waals surface area contributed by atoms with Crippen LogP contribution in [0.5, 0.6) is 0 Å². The molecule has 0 radical (unpaired) electrons. The molecule has 0 atom stereocenters. The van der Waals surface area contributed by atoms with Crippen molar-refractivity contribution in [3.8, 4) is 0 Å². The summed E-state index contributed by atoms with van der Waals surface area (Å²) in [4.78, 5) is 2.55. The lowest BCUT2D eigenvalue weighted by Gasteiger charge is -2.22. The second-order valence-electron chi connectivity index (χ2n) is 6.87. The monoisotopic (exact) mass is 278 g/mol. The summed E-state index contributed by atoms with van der Waals surface area (Å²) in [5.74, 6) is 2.19. The number of hydrogen-bond acceptors (Lipinski definition) is 3. The fourth-order valence-corrected chi connectivity index (χ4v) is 2.96. The van der Waals surface area contributed by atoms with E-state index in [4.69, 9.17) is 4.42 Å². The van der Waals surface area contributed by atoms with Crippen LogP contribution in [0.25, 0.3) is 0 Å². The molecule has 1 fully saturated rings. The zero-order valence-electron chi connectivity index (χ0n) is 13.6. The van der Waals surface area contributed by atoms with Gasteiger partial charge in [-0.1, -0.05) is 20.8 Å². The molecule has 20 heavy (non-hydrogen) atoms. The number of hydrogen-bond donors (Lipinski definition) is 1. The van der Waals surface area contributed by atoms with Gasteiger partial charge in [-0.3, -0.25) is 4.90 Å². The second-order valence-corrected chi connectivity index (χ2v) is 6.87. The minimum atomic E-state index is 0.504. The minimum Gasteiger partial charge on any atom is -0.465 e. The summed E-state index contributed by atoms with van der Waals surface area (Å²) in [6.07, 6.45) is 3.93. The maximum absolute atomic E-state index is 5.93. The molecular weight excluding hydrogens is 248 g/mol. The molecule has 0 aromatic carbocycles. The highest BCUT2D eigenvalue weighted by Crippen LogP contribution is 2.30. The third kappa shape index (κ3) is 4.35. The molecule has 2 heterocycles. The van der Waals surface area contributed by atoms with Gasteiger partial charge in [0.25, 0.3) is 0 Å². The van der Waals surface area contributed by atoms with Crippen LogP contribution in [0.4, 0.5) is 0 Å². The van der Waals surface area contributed by atoms with E-state index in [0.29, 0.717) is 5.41 Å². The van der Waals surface area contributed by atoms with Crippen LogP contribution in [-0.4, -0.2) is 24.5 Å². The molecule has 3 nitrogen and oxygen atoms in total. The normalized spacial score (nSPS) is 20.0. The van der Waals surface area contributed by atoms with Crippen LogP contribution in [0.15, 0.2) is 10.5 Å². The summed E-state index contributed by atoms with van der Waals surface area (Å²) in [5, 5.41) is 3.37. The first-order valence-corrected chi connectivity index (χ1v) is 8.01. The molecular formula is C17H30N2O. The molecule has 1 aliphatic rings. The van der Waals surface area contributed by atoms with Gasteiger partial charge >= 0.3 is 0 Å². The Bertz CT molecular complexity index is 423. The van der Waals surface area contributed by atoms with Crippen molar-refractivity contribution >= 4 is 0 Å². The average Bonchev–Trinajstić information content (AvgIpc) is 2.63. The quantitative estimate of drug-likeness (QED) is 0.890. The largest absolute Gasteiger partial charge is 0.465 e. The SMILES string of the molecule is CCNCc1cc(CN2CCCC(C)(C)CC2)oc1C. The van der Waals surface area contributed by atoms with Crippen molar-refractivity contribution < 1.29 is 4.42 Å². The Morgan fingerprint density at radius 1 is 1.30 bits per heavy atom. The van der Waals surface area contributed by atoms with Gasteiger partial charge in [-0.2, -0.15) is 0 Å². The first kappa shape index (κ1) is 15.6. The molecule has 0 saturated carbocycles. The van der Waals surface area contributed by atoms with Crippen molar-refractivity contribution in [1.29, 1.82) is 0 Å². The maximum Gasteiger partial charge on any atom is 0.118 e. The smallest absolute Gasteiger partial charge is 0.118 e. The molecule has 0 amide bonds. The van der Waals surface area contributed by atoms with Crippen LogP contribution < -0.4 is 5.32 Å². The summed E-state index contributed by atoms with van der Waals surface area (Å²) >= 11 is 0. The van der Waals surface area contributed by atoms with E-state index in [1.54, 1.807) is 0 Å². The van der Waals surface area contributed by atoms with E-state index in [0.717, 1.165) is 31.2 Å². The van der Waals surface area contributed by atoms with E-state index in [-0.39, 0.29) is 0 Å². The third-order valence-electron chi connectivity index (χ3n) is 4.45. The molecule has 3 heteroatoms. The van der Waals surface area contributed by atoms with Crippen molar-refractivity contribution in [3.05, 3.63) is 23.2 Å². The fraction of sp³-hybridized carbons (Fsp3) is 0.765. The Hall–Kier alpha value is -0.800. The van der Waals surface area contributed by atoms with Gasteiger partial charge in [0.1, 0.15) is 11.5 Å². The summed E-state index contributed by atoms with van der Waals surface area (Å²) < 4.78 is 5.93. The number of nitrogens with zero attached hydrogens (tertiary/aromatic N) is 1. The van der Waals surface area contributed by atoms with E-state index in [9.17, 15) is 0 Å². The molecule has 1 aromatic rings. The molecule has 1 N–H and O–H groups in total. The van der Waals surface area contributed by atoms with Gasteiger partial charge in [-0.05, 0) is 57.3 Å². The Kier molecular flexibility index (Phi) is 5.28. The van der Waals surface area contributed by atoms with Gasteiger partial charge in [0, 0.05) is 12.1 Å². The average molecular weight is 278 g/mol. The number of aryl methyl sites for hydroxylation is 1. The van der Waals surface area contributed by atoms with Crippen LogP contribution in [0.2, 0.25) is 0 Å². The third-order valence-corrected chi connectivity index (χ3v) is 4.45. The van der Waals surface area contributed by atoms with Gasteiger partial charge in [0.05, 0.1) is 6.54 Å². The minimum absolute atomic E-state index is 0.504. The van der Waals surface area contributed by atoms with Crippen molar-refractivity contribution in [3.63, 3.8) is 0 Å². The van der Waals surface area contributed by atoms with Gasteiger partial charge < -0.3 is 9.73 Å². The van der Waals surface area contributed by atoms with Crippen molar-refractivity contribution in [2.45, 2.75) is 60.0 Å². The summed E-state index contributed by atoms with van der Waals surface area (Å²) in [7, 11) is 0. The first-order valence-electron chi connectivity index (χ1n) is 8.01. The lowest BCUT2D eigenvalue weighted by molar-refractivity contribution is 0.237. The Morgan fingerprint density at radius 2 is 2.10 bits per heavy atom. The van der Waals surface area contributed by atoms with Gasteiger partial charge in [-0.25, -0.2) is 0 Å². The van der Waals surface area contributed by atoms with E-state index in [2.05, 4.69) is 44.0 Å². The van der Waals surface area contributed by atoms with Crippen molar-refractivity contribution in [1.82, 2.24) is 10.2 Å². The zero-order chi connectivity index (χ0) is 14.6. The van der Waals surface area contributed by atoms with E-state index >= 15 is 0 Å². The lowest BCUT2D eigenvalue weighted by Crippen LogP contribution is -2.24.